The van der Waals surface area contributed by atoms with Crippen LogP contribution in [0.1, 0.15) is 56.9 Å². The van der Waals surface area contributed by atoms with E-state index in [1.54, 1.807) is 0 Å². The second kappa shape index (κ2) is 11.0. The van der Waals surface area contributed by atoms with Crippen molar-refractivity contribution in [2.24, 2.45) is 0 Å². The Morgan fingerprint density at radius 1 is 0.941 bits per heavy atom. The number of rotatable bonds is 9. The quantitative estimate of drug-likeness (QED) is 0.198. The number of nitrogens with zero attached hydrogens (tertiary/aromatic N) is 1. The molecule has 188 valence electrons. The number of halogens is 6. The molecule has 0 heterocycles. The van der Waals surface area contributed by atoms with Crippen LogP contribution in [-0.4, -0.2) is 23.7 Å². The summed E-state index contributed by atoms with van der Waals surface area (Å²) in [7, 11) is 0. The summed E-state index contributed by atoms with van der Waals surface area (Å²) in [4.78, 5) is 11.4. The third-order valence-electron chi connectivity index (χ3n) is 4.70. The highest BCUT2D eigenvalue weighted by Crippen LogP contribution is 2.39. The molecule has 0 N–H and O–H groups in total. The van der Waals surface area contributed by atoms with Crippen molar-refractivity contribution in [1.29, 1.82) is 0 Å². The highest BCUT2D eigenvalue weighted by Gasteiger charge is 2.37. The van der Waals surface area contributed by atoms with E-state index in [1.807, 2.05) is 55.4 Å². The molecule has 2 aromatic carbocycles. The first kappa shape index (κ1) is 28.0. The predicted molar refractivity (Wildman–Crippen MR) is 122 cm³/mol. The lowest BCUT2D eigenvalue weighted by molar-refractivity contribution is -0.143. The van der Waals surface area contributed by atoms with Gasteiger partial charge >= 0.3 is 12.4 Å². The van der Waals surface area contributed by atoms with Crippen molar-refractivity contribution in [1.82, 2.24) is 0 Å². The first-order valence-corrected chi connectivity index (χ1v) is 11.3. The van der Waals surface area contributed by atoms with E-state index in [0.29, 0.717) is 18.4 Å². The van der Waals surface area contributed by atoms with Crippen molar-refractivity contribution in [2.75, 3.05) is 10.9 Å². The van der Waals surface area contributed by atoms with Crippen molar-refractivity contribution in [3.8, 4) is 0 Å². The maximum atomic E-state index is 13.2. The van der Waals surface area contributed by atoms with Gasteiger partial charge in [0, 0.05) is 16.9 Å². The fourth-order valence-corrected chi connectivity index (χ4v) is 4.23. The van der Waals surface area contributed by atoms with Gasteiger partial charge in [-0.1, -0.05) is 18.2 Å². The first-order valence-electron chi connectivity index (χ1n) is 10.5. The normalized spacial score (nSPS) is 14.5. The molecule has 2 rings (SSSR count). The molecular weight excluding hydrogens is 480 g/mol. The molecule has 3 nitrogen and oxygen atoms in total. The van der Waals surface area contributed by atoms with E-state index >= 15 is 0 Å². The van der Waals surface area contributed by atoms with Gasteiger partial charge in [-0.2, -0.15) is 26.3 Å². The average Bonchev–Trinajstić information content (AvgIpc) is 2.73. The summed E-state index contributed by atoms with van der Waals surface area (Å²) in [6, 6.07) is 10.1. The number of anilines is 1. The van der Waals surface area contributed by atoms with E-state index < -0.39 is 35.6 Å². The van der Waals surface area contributed by atoms with Crippen LogP contribution in [0.2, 0.25) is 0 Å². The maximum Gasteiger partial charge on any atom is 0.416 e. The zero-order chi connectivity index (χ0) is 25.7. The molecule has 0 aliphatic rings. The molecule has 34 heavy (non-hydrogen) atoms. The number of carbonyl (C=O) groups is 1. The van der Waals surface area contributed by atoms with Gasteiger partial charge < -0.3 is 13.8 Å². The molecule has 0 saturated carbocycles. The van der Waals surface area contributed by atoms with Gasteiger partial charge in [-0.15, -0.1) is 0 Å². The molecule has 0 amide bonds. The molecule has 10 heteroatoms. The predicted octanol–water partition coefficient (Wildman–Crippen LogP) is 7.71. The summed E-state index contributed by atoms with van der Waals surface area (Å²) >= 11 is 1.46. The van der Waals surface area contributed by atoms with Crippen LogP contribution in [0.25, 0.3) is 0 Å². The van der Waals surface area contributed by atoms with E-state index in [4.69, 9.17) is 4.74 Å². The molecule has 0 aliphatic heterocycles. The number of carbonyl (C=O) groups excluding carboxylic acids is 1. The zero-order valence-electron chi connectivity index (χ0n) is 19.2. The van der Waals surface area contributed by atoms with E-state index in [-0.39, 0.29) is 29.4 Å². The molecule has 0 spiro atoms. The summed E-state index contributed by atoms with van der Waals surface area (Å²) in [5.41, 5.74) is -2.25. The maximum absolute atomic E-state index is 13.2. The Hall–Kier alpha value is -2.20. The monoisotopic (exact) mass is 507 g/mol. The van der Waals surface area contributed by atoms with Gasteiger partial charge in [-0.25, -0.2) is 0 Å². The number of hydrogen-bond donors (Lipinski definition) is 0. The molecule has 0 bridgehead atoms. The third-order valence-corrected chi connectivity index (χ3v) is 5.95. The summed E-state index contributed by atoms with van der Waals surface area (Å²) in [6.45, 7) is 7.25. The fraction of sp³-hybridized carbons (Fsp3) is 0.458. The molecule has 0 aromatic heterocycles. The number of benzene rings is 2. The largest absolute Gasteiger partial charge is 0.416 e. The van der Waals surface area contributed by atoms with Crippen LogP contribution in [0.5, 0.6) is 0 Å². The lowest BCUT2D eigenvalue weighted by Gasteiger charge is -2.36. The summed E-state index contributed by atoms with van der Waals surface area (Å²) in [5, 5.41) is 0. The minimum Gasteiger partial charge on any atom is -0.372 e. The molecule has 0 fully saturated rings. The highest BCUT2D eigenvalue weighted by molar-refractivity contribution is 8.01. The summed E-state index contributed by atoms with van der Waals surface area (Å²) in [6.07, 6.45) is -10.2. The Morgan fingerprint density at radius 2 is 1.47 bits per heavy atom. The Balaban J connectivity index is 2.33. The Morgan fingerprint density at radius 3 is 1.91 bits per heavy atom. The lowest BCUT2D eigenvalue weighted by atomic mass is 10.0. The molecule has 0 saturated heterocycles. The van der Waals surface area contributed by atoms with Gasteiger partial charge in [0.1, 0.15) is 6.29 Å². The van der Waals surface area contributed by atoms with Gasteiger partial charge in [0.15, 0.2) is 0 Å². The van der Waals surface area contributed by atoms with E-state index in [1.165, 1.54) is 18.9 Å². The Kier molecular flexibility index (Phi) is 9.10. The number of alkyl halides is 6. The summed E-state index contributed by atoms with van der Waals surface area (Å²) < 4.78 is 86.7. The van der Waals surface area contributed by atoms with Gasteiger partial charge in [0.2, 0.25) is 0 Å². The standard InChI is InChI=1S/C24H27F6NO2S/c1-16(17-12-18(23(25,26)27)14-19(13-17)24(28,29)30)33-15-21(10-11-32)31(34-22(2,3)4)20-8-6-5-7-9-20/h5-9,11-14,16,21H,10,15H2,1-4H3/t16-,21?/m1/s1. The number of ether oxygens (including phenoxy) is 1. The van der Waals surface area contributed by atoms with Crippen molar-refractivity contribution >= 4 is 23.9 Å². The van der Waals surface area contributed by atoms with Crippen LogP contribution >= 0.6 is 11.9 Å². The molecule has 1 unspecified atom stereocenters. The minimum atomic E-state index is -4.94. The first-order chi connectivity index (χ1) is 15.6. The van der Waals surface area contributed by atoms with Crippen LogP contribution in [0.4, 0.5) is 32.0 Å². The van der Waals surface area contributed by atoms with Crippen LogP contribution in [0, 0.1) is 0 Å². The van der Waals surface area contributed by atoms with Crippen LogP contribution in [-0.2, 0) is 21.9 Å². The van der Waals surface area contributed by atoms with Gasteiger partial charge in [-0.3, -0.25) is 0 Å². The molecule has 0 radical (unpaired) electrons. The van der Waals surface area contributed by atoms with Crippen molar-refractivity contribution < 1.29 is 35.9 Å². The zero-order valence-corrected chi connectivity index (χ0v) is 20.0. The fourth-order valence-electron chi connectivity index (χ4n) is 3.12. The number of hydrogen-bond acceptors (Lipinski definition) is 4. The Labute approximate surface area is 199 Å². The highest BCUT2D eigenvalue weighted by atomic mass is 32.2. The lowest BCUT2D eigenvalue weighted by Crippen LogP contribution is -2.37. The topological polar surface area (TPSA) is 29.5 Å². The van der Waals surface area contributed by atoms with E-state index in [0.717, 1.165) is 5.69 Å². The van der Waals surface area contributed by atoms with Gasteiger partial charge in [0.25, 0.3) is 0 Å². The minimum absolute atomic E-state index is 0.0566. The van der Waals surface area contributed by atoms with Gasteiger partial charge in [-0.05, 0) is 75.5 Å². The summed E-state index contributed by atoms with van der Waals surface area (Å²) in [5.74, 6) is 0. The Bertz CT molecular complexity index is 909. The van der Waals surface area contributed by atoms with Crippen LogP contribution in [0.3, 0.4) is 0 Å². The number of para-hydroxylation sites is 1. The van der Waals surface area contributed by atoms with Crippen LogP contribution in [0.15, 0.2) is 48.5 Å². The molecular formula is C24H27F6NO2S. The van der Waals surface area contributed by atoms with Crippen molar-refractivity contribution in [3.05, 3.63) is 65.2 Å². The van der Waals surface area contributed by atoms with Gasteiger partial charge in [0.05, 0.1) is 29.9 Å². The number of aldehydes is 1. The van der Waals surface area contributed by atoms with E-state index in [2.05, 4.69) is 0 Å². The van der Waals surface area contributed by atoms with Crippen molar-refractivity contribution in [2.45, 2.75) is 63.4 Å². The molecule has 2 atom stereocenters. The van der Waals surface area contributed by atoms with Crippen molar-refractivity contribution in [3.63, 3.8) is 0 Å². The van der Waals surface area contributed by atoms with Crippen LogP contribution < -0.4 is 4.31 Å². The SMILES string of the molecule is C[C@@H](OCC(CC=O)N(SC(C)(C)C)c1ccccc1)c1cc(C(F)(F)F)cc(C(F)(F)F)c1. The molecule has 0 aliphatic carbocycles. The average molecular weight is 508 g/mol. The second-order valence-electron chi connectivity index (χ2n) is 8.74. The third kappa shape index (κ3) is 8.23. The molecule has 2 aromatic rings. The smallest absolute Gasteiger partial charge is 0.372 e. The second-order valence-corrected chi connectivity index (χ2v) is 10.5. The van der Waals surface area contributed by atoms with E-state index in [9.17, 15) is 31.1 Å².